The SMILES string of the molecule is CCOc1ccccc1C=CC(=O)N(CCC(=O)OC)Cc1ccncc1. The molecule has 142 valence electrons. The molecule has 1 amide bonds. The summed E-state index contributed by atoms with van der Waals surface area (Å²) < 4.78 is 10.3. The molecule has 1 aromatic carbocycles. The summed E-state index contributed by atoms with van der Waals surface area (Å²) in [6, 6.07) is 11.2. The molecule has 2 aromatic rings. The number of hydrogen-bond acceptors (Lipinski definition) is 5. The second kappa shape index (κ2) is 10.8. The summed E-state index contributed by atoms with van der Waals surface area (Å²) >= 11 is 0. The Morgan fingerprint density at radius 3 is 2.59 bits per heavy atom. The smallest absolute Gasteiger partial charge is 0.307 e. The number of pyridine rings is 1. The van der Waals surface area contributed by atoms with Crippen molar-refractivity contribution in [1.29, 1.82) is 0 Å². The van der Waals surface area contributed by atoms with Crippen LogP contribution in [0.5, 0.6) is 5.75 Å². The zero-order valence-corrected chi connectivity index (χ0v) is 15.6. The summed E-state index contributed by atoms with van der Waals surface area (Å²) in [7, 11) is 1.34. The molecule has 6 heteroatoms. The molecule has 0 bridgehead atoms. The van der Waals surface area contributed by atoms with Crippen LogP contribution >= 0.6 is 0 Å². The lowest BCUT2D eigenvalue weighted by Crippen LogP contribution is -2.31. The Morgan fingerprint density at radius 1 is 1.15 bits per heavy atom. The summed E-state index contributed by atoms with van der Waals surface area (Å²) in [5.74, 6) is 0.175. The maximum absolute atomic E-state index is 12.7. The van der Waals surface area contributed by atoms with E-state index in [0.29, 0.717) is 13.2 Å². The van der Waals surface area contributed by atoms with Crippen LogP contribution in [0.1, 0.15) is 24.5 Å². The third-order valence-corrected chi connectivity index (χ3v) is 3.87. The van der Waals surface area contributed by atoms with Crippen molar-refractivity contribution in [3.8, 4) is 5.75 Å². The molecule has 0 radical (unpaired) electrons. The van der Waals surface area contributed by atoms with Crippen molar-refractivity contribution >= 4 is 18.0 Å². The van der Waals surface area contributed by atoms with Crippen LogP contribution in [0.2, 0.25) is 0 Å². The molecule has 0 aliphatic rings. The Morgan fingerprint density at radius 2 is 1.89 bits per heavy atom. The first-order valence-electron chi connectivity index (χ1n) is 8.78. The first-order chi connectivity index (χ1) is 13.1. The normalized spacial score (nSPS) is 10.6. The molecule has 0 spiro atoms. The van der Waals surface area contributed by atoms with E-state index in [1.165, 1.54) is 13.2 Å². The standard InChI is InChI=1S/C21H24N2O4/c1-3-27-19-7-5-4-6-18(19)8-9-20(24)23(15-12-21(25)26-2)16-17-10-13-22-14-11-17/h4-11,13-14H,3,12,15-16H2,1-2H3. The molecule has 0 N–H and O–H groups in total. The molecule has 0 saturated carbocycles. The van der Waals surface area contributed by atoms with Gasteiger partial charge in [0.05, 0.1) is 20.1 Å². The van der Waals surface area contributed by atoms with Gasteiger partial charge in [-0.05, 0) is 36.8 Å². The van der Waals surface area contributed by atoms with Gasteiger partial charge in [0.15, 0.2) is 0 Å². The molecule has 27 heavy (non-hydrogen) atoms. The van der Waals surface area contributed by atoms with Gasteiger partial charge in [0.25, 0.3) is 0 Å². The van der Waals surface area contributed by atoms with E-state index in [2.05, 4.69) is 9.72 Å². The highest BCUT2D eigenvalue weighted by molar-refractivity contribution is 5.92. The zero-order chi connectivity index (χ0) is 19.5. The average Bonchev–Trinajstić information content (AvgIpc) is 2.71. The van der Waals surface area contributed by atoms with E-state index in [4.69, 9.17) is 4.74 Å². The van der Waals surface area contributed by atoms with Gasteiger partial charge in [0.2, 0.25) is 5.91 Å². The molecule has 0 saturated heterocycles. The maximum atomic E-state index is 12.7. The van der Waals surface area contributed by atoms with Gasteiger partial charge < -0.3 is 14.4 Å². The Balaban J connectivity index is 2.13. The summed E-state index contributed by atoms with van der Waals surface area (Å²) in [4.78, 5) is 29.8. The number of methoxy groups -OCH3 is 1. The Bertz CT molecular complexity index is 775. The number of carbonyl (C=O) groups excluding carboxylic acids is 2. The first-order valence-corrected chi connectivity index (χ1v) is 8.78. The van der Waals surface area contributed by atoms with Crippen molar-refractivity contribution in [2.45, 2.75) is 19.9 Å². The van der Waals surface area contributed by atoms with Crippen molar-refractivity contribution < 1.29 is 19.1 Å². The molecule has 0 aliphatic carbocycles. The number of rotatable bonds is 9. The fourth-order valence-electron chi connectivity index (χ4n) is 2.48. The largest absolute Gasteiger partial charge is 0.493 e. The number of amides is 1. The van der Waals surface area contributed by atoms with Gasteiger partial charge in [0.1, 0.15) is 5.75 Å². The molecule has 1 aromatic heterocycles. The van der Waals surface area contributed by atoms with Crippen molar-refractivity contribution in [1.82, 2.24) is 9.88 Å². The van der Waals surface area contributed by atoms with Crippen molar-refractivity contribution in [3.05, 3.63) is 66.0 Å². The first kappa shape index (κ1) is 20.2. The second-order valence-electron chi connectivity index (χ2n) is 5.75. The lowest BCUT2D eigenvalue weighted by molar-refractivity contribution is -0.141. The van der Waals surface area contributed by atoms with Gasteiger partial charge >= 0.3 is 5.97 Å². The number of aromatic nitrogens is 1. The number of ether oxygens (including phenoxy) is 2. The molecule has 0 fully saturated rings. The summed E-state index contributed by atoms with van der Waals surface area (Å²) in [6.45, 7) is 3.11. The van der Waals surface area contributed by atoms with Gasteiger partial charge in [-0.1, -0.05) is 18.2 Å². The van der Waals surface area contributed by atoms with Crippen LogP contribution in [-0.4, -0.2) is 42.0 Å². The lowest BCUT2D eigenvalue weighted by Gasteiger charge is -2.21. The van der Waals surface area contributed by atoms with Crippen molar-refractivity contribution in [2.75, 3.05) is 20.3 Å². The number of benzene rings is 1. The molecule has 1 heterocycles. The van der Waals surface area contributed by atoms with Gasteiger partial charge in [-0.2, -0.15) is 0 Å². The van der Waals surface area contributed by atoms with Crippen LogP contribution in [0.15, 0.2) is 54.9 Å². The average molecular weight is 368 g/mol. The summed E-state index contributed by atoms with van der Waals surface area (Å²) in [5.41, 5.74) is 1.76. The molecule has 0 aliphatic heterocycles. The lowest BCUT2D eigenvalue weighted by atomic mass is 10.1. The summed E-state index contributed by atoms with van der Waals surface area (Å²) in [6.07, 6.45) is 6.71. The van der Waals surface area contributed by atoms with E-state index in [1.807, 2.05) is 43.3 Å². The molecular weight excluding hydrogens is 344 g/mol. The molecular formula is C21H24N2O4. The van der Waals surface area contributed by atoms with E-state index in [1.54, 1.807) is 23.4 Å². The number of para-hydroxylation sites is 1. The Labute approximate surface area is 159 Å². The molecule has 0 atom stereocenters. The Hall–Kier alpha value is -3.15. The fourth-order valence-corrected chi connectivity index (χ4v) is 2.48. The van der Waals surface area contributed by atoms with E-state index in [0.717, 1.165) is 16.9 Å². The third kappa shape index (κ3) is 6.58. The highest BCUT2D eigenvalue weighted by Gasteiger charge is 2.14. The van der Waals surface area contributed by atoms with Crippen LogP contribution in [0.25, 0.3) is 6.08 Å². The van der Waals surface area contributed by atoms with E-state index in [-0.39, 0.29) is 24.8 Å². The van der Waals surface area contributed by atoms with Crippen LogP contribution in [0.4, 0.5) is 0 Å². The van der Waals surface area contributed by atoms with Crippen LogP contribution in [0, 0.1) is 0 Å². The highest BCUT2D eigenvalue weighted by Crippen LogP contribution is 2.19. The van der Waals surface area contributed by atoms with Crippen molar-refractivity contribution in [2.24, 2.45) is 0 Å². The fraction of sp³-hybridized carbons (Fsp3) is 0.286. The zero-order valence-electron chi connectivity index (χ0n) is 15.6. The molecule has 0 unspecified atom stereocenters. The monoisotopic (exact) mass is 368 g/mol. The minimum Gasteiger partial charge on any atom is -0.493 e. The van der Waals surface area contributed by atoms with Crippen LogP contribution in [-0.2, 0) is 20.9 Å². The third-order valence-electron chi connectivity index (χ3n) is 3.87. The van der Waals surface area contributed by atoms with Crippen LogP contribution in [0.3, 0.4) is 0 Å². The van der Waals surface area contributed by atoms with E-state index < -0.39 is 0 Å². The quantitative estimate of drug-likeness (QED) is 0.503. The topological polar surface area (TPSA) is 68.7 Å². The maximum Gasteiger partial charge on any atom is 0.307 e. The number of esters is 1. The Kier molecular flexibility index (Phi) is 8.03. The van der Waals surface area contributed by atoms with Gasteiger partial charge in [-0.25, -0.2) is 0 Å². The number of nitrogens with zero attached hydrogens (tertiary/aromatic N) is 2. The minimum absolute atomic E-state index is 0.136. The van der Waals surface area contributed by atoms with E-state index in [9.17, 15) is 9.59 Å². The van der Waals surface area contributed by atoms with Crippen molar-refractivity contribution in [3.63, 3.8) is 0 Å². The highest BCUT2D eigenvalue weighted by atomic mass is 16.5. The second-order valence-corrected chi connectivity index (χ2v) is 5.75. The predicted octanol–water partition coefficient (Wildman–Crippen LogP) is 3.09. The van der Waals surface area contributed by atoms with Crippen LogP contribution < -0.4 is 4.74 Å². The molecule has 2 rings (SSSR count). The van der Waals surface area contributed by atoms with Gasteiger partial charge in [0, 0.05) is 37.1 Å². The number of hydrogen-bond donors (Lipinski definition) is 0. The van der Waals surface area contributed by atoms with Gasteiger partial charge in [-0.15, -0.1) is 0 Å². The van der Waals surface area contributed by atoms with E-state index >= 15 is 0 Å². The molecule has 6 nitrogen and oxygen atoms in total. The van der Waals surface area contributed by atoms with Gasteiger partial charge in [-0.3, -0.25) is 14.6 Å². The minimum atomic E-state index is -0.354. The predicted molar refractivity (Wildman–Crippen MR) is 103 cm³/mol. The number of carbonyl (C=O) groups is 2. The summed E-state index contributed by atoms with van der Waals surface area (Å²) in [5, 5.41) is 0.